The maximum atomic E-state index is 10.8. The molecular weight excluding hydrogens is 364 g/mol. The first-order valence-corrected chi connectivity index (χ1v) is 11.5. The maximum Gasteiger partial charge on any atom is 0.303 e. The number of carboxylic acid groups (broad SMARTS) is 1. The van der Waals surface area contributed by atoms with Crippen LogP contribution in [0.1, 0.15) is 103 Å². The number of carbonyl (C=O) groups is 1. The zero-order valence-corrected chi connectivity index (χ0v) is 18.5. The lowest BCUT2D eigenvalue weighted by molar-refractivity contribution is -0.435. The van der Waals surface area contributed by atoms with Crippen LogP contribution in [0.4, 0.5) is 0 Å². The molecule has 0 radical (unpaired) electrons. The van der Waals surface area contributed by atoms with Gasteiger partial charge in [0.1, 0.15) is 11.2 Å². The van der Waals surface area contributed by atoms with E-state index in [4.69, 9.17) is 14.9 Å². The third kappa shape index (κ3) is 9.77. The number of hydrogen-bond acceptors (Lipinski definition) is 3. The Morgan fingerprint density at radius 2 is 1.34 bits per heavy atom. The van der Waals surface area contributed by atoms with Crippen molar-refractivity contribution in [2.75, 3.05) is 0 Å². The van der Waals surface area contributed by atoms with Crippen LogP contribution in [0.25, 0.3) is 0 Å². The fourth-order valence-corrected chi connectivity index (χ4v) is 4.05. The largest absolute Gasteiger partial charge is 0.481 e. The third-order valence-electron chi connectivity index (χ3n) is 6.26. The predicted molar refractivity (Wildman–Crippen MR) is 117 cm³/mol. The molecule has 1 saturated heterocycles. The Kier molecular flexibility index (Phi) is 10.2. The highest BCUT2D eigenvalue weighted by molar-refractivity contribution is 5.66. The summed E-state index contributed by atoms with van der Waals surface area (Å²) in [5.74, 6) is -0.778. The third-order valence-corrected chi connectivity index (χ3v) is 6.26. The van der Waals surface area contributed by atoms with Gasteiger partial charge in [-0.25, -0.2) is 9.78 Å². The topological polar surface area (TPSA) is 55.8 Å². The van der Waals surface area contributed by atoms with E-state index in [9.17, 15) is 4.79 Å². The molecule has 2 rings (SSSR count). The summed E-state index contributed by atoms with van der Waals surface area (Å²) in [4.78, 5) is 22.1. The van der Waals surface area contributed by atoms with E-state index in [2.05, 4.69) is 37.3 Å². The number of benzene rings is 1. The zero-order valence-electron chi connectivity index (χ0n) is 18.5. The standard InChI is InChI=1S/C25H40O4/c1-24(20-21-25(2,29-28-24)19-17-23(26)27)18-13-8-6-4-3-5-7-10-14-22-15-11-9-12-16-22/h9,11-12,15-16H,3-8,10,13-14,17-21H2,1-2H3,(H,26,27)/t24-,25-/m0/s1. The monoisotopic (exact) mass is 404 g/mol. The number of rotatable bonds is 14. The Labute approximate surface area is 176 Å². The lowest BCUT2D eigenvalue weighted by Gasteiger charge is -2.41. The fraction of sp³-hybridized carbons (Fsp3) is 0.720. The molecule has 0 aromatic heterocycles. The molecule has 2 atom stereocenters. The maximum absolute atomic E-state index is 10.8. The van der Waals surface area contributed by atoms with Crippen molar-refractivity contribution in [1.29, 1.82) is 0 Å². The Hall–Kier alpha value is -1.39. The minimum absolute atomic E-state index is 0.128. The fourth-order valence-electron chi connectivity index (χ4n) is 4.05. The molecular formula is C25H40O4. The van der Waals surface area contributed by atoms with Crippen LogP contribution >= 0.6 is 0 Å². The van der Waals surface area contributed by atoms with Crippen molar-refractivity contribution in [3.05, 3.63) is 35.9 Å². The van der Waals surface area contributed by atoms with E-state index in [-0.39, 0.29) is 12.0 Å². The van der Waals surface area contributed by atoms with Crippen molar-refractivity contribution in [2.45, 2.75) is 115 Å². The van der Waals surface area contributed by atoms with Gasteiger partial charge in [-0.15, -0.1) is 0 Å². The molecule has 0 spiro atoms. The Balaban J connectivity index is 1.44. The molecule has 1 aromatic carbocycles. The van der Waals surface area contributed by atoms with E-state index in [0.717, 1.165) is 19.3 Å². The van der Waals surface area contributed by atoms with Crippen LogP contribution < -0.4 is 0 Å². The first-order chi connectivity index (χ1) is 13.9. The summed E-state index contributed by atoms with van der Waals surface area (Å²) in [7, 11) is 0. The SMILES string of the molecule is C[C@]1(CCCCCCCCCCc2ccccc2)CC[C@](C)(CCC(=O)O)OO1. The lowest BCUT2D eigenvalue weighted by Crippen LogP contribution is -2.44. The van der Waals surface area contributed by atoms with Crippen LogP contribution in [-0.4, -0.2) is 22.3 Å². The molecule has 1 aliphatic heterocycles. The van der Waals surface area contributed by atoms with Crippen molar-refractivity contribution in [1.82, 2.24) is 0 Å². The first-order valence-electron chi connectivity index (χ1n) is 11.5. The Bertz CT molecular complexity index is 576. The molecule has 0 unspecified atom stereocenters. The van der Waals surface area contributed by atoms with Gasteiger partial charge in [-0.2, -0.15) is 0 Å². The van der Waals surface area contributed by atoms with Crippen LogP contribution in [0.2, 0.25) is 0 Å². The summed E-state index contributed by atoms with van der Waals surface area (Å²) in [6.45, 7) is 4.08. The van der Waals surface area contributed by atoms with Crippen molar-refractivity contribution >= 4 is 5.97 Å². The van der Waals surface area contributed by atoms with Crippen LogP contribution in [0, 0.1) is 0 Å². The molecule has 164 valence electrons. The van der Waals surface area contributed by atoms with E-state index < -0.39 is 11.6 Å². The van der Waals surface area contributed by atoms with Crippen molar-refractivity contribution in [3.63, 3.8) is 0 Å². The normalized spacial score (nSPS) is 24.5. The average Bonchev–Trinajstić information content (AvgIpc) is 2.71. The summed E-state index contributed by atoms with van der Waals surface area (Å²) < 4.78 is 0. The number of carboxylic acids is 1. The van der Waals surface area contributed by atoms with Crippen molar-refractivity contribution in [2.24, 2.45) is 0 Å². The smallest absolute Gasteiger partial charge is 0.303 e. The van der Waals surface area contributed by atoms with E-state index >= 15 is 0 Å². The van der Waals surface area contributed by atoms with Gasteiger partial charge in [0.25, 0.3) is 0 Å². The summed E-state index contributed by atoms with van der Waals surface area (Å²) in [6.07, 6.45) is 15.0. The summed E-state index contributed by atoms with van der Waals surface area (Å²) >= 11 is 0. The van der Waals surface area contributed by atoms with E-state index in [1.54, 1.807) is 0 Å². The Morgan fingerprint density at radius 1 is 0.828 bits per heavy atom. The molecule has 0 aliphatic carbocycles. The van der Waals surface area contributed by atoms with Crippen LogP contribution in [-0.2, 0) is 21.0 Å². The highest BCUT2D eigenvalue weighted by atomic mass is 17.2. The molecule has 1 fully saturated rings. The van der Waals surface area contributed by atoms with E-state index in [1.165, 1.54) is 63.4 Å². The number of hydrogen-bond donors (Lipinski definition) is 1. The summed E-state index contributed by atoms with van der Waals surface area (Å²) in [6, 6.07) is 10.8. The van der Waals surface area contributed by atoms with Gasteiger partial charge < -0.3 is 5.11 Å². The molecule has 1 heterocycles. The van der Waals surface area contributed by atoms with E-state index in [0.29, 0.717) is 6.42 Å². The van der Waals surface area contributed by atoms with Crippen LogP contribution in [0.5, 0.6) is 0 Å². The van der Waals surface area contributed by atoms with E-state index in [1.807, 2.05) is 6.92 Å². The molecule has 4 heteroatoms. The van der Waals surface area contributed by atoms with Gasteiger partial charge in [0.2, 0.25) is 0 Å². The minimum Gasteiger partial charge on any atom is -0.481 e. The summed E-state index contributed by atoms with van der Waals surface area (Å²) in [5, 5.41) is 8.86. The zero-order chi connectivity index (χ0) is 21.0. The molecule has 4 nitrogen and oxygen atoms in total. The van der Waals surface area contributed by atoms with Gasteiger partial charge >= 0.3 is 5.97 Å². The van der Waals surface area contributed by atoms with Crippen LogP contribution in [0.15, 0.2) is 30.3 Å². The lowest BCUT2D eigenvalue weighted by atomic mass is 9.85. The van der Waals surface area contributed by atoms with Crippen LogP contribution in [0.3, 0.4) is 0 Å². The second-order valence-corrected chi connectivity index (χ2v) is 9.27. The molecule has 29 heavy (non-hydrogen) atoms. The highest BCUT2D eigenvalue weighted by Gasteiger charge is 2.40. The molecule has 1 aromatic rings. The molecule has 0 amide bonds. The second-order valence-electron chi connectivity index (χ2n) is 9.27. The highest BCUT2D eigenvalue weighted by Crippen LogP contribution is 2.38. The molecule has 1 N–H and O–H groups in total. The van der Waals surface area contributed by atoms with Crippen molar-refractivity contribution < 1.29 is 19.7 Å². The second kappa shape index (κ2) is 12.3. The van der Waals surface area contributed by atoms with Gasteiger partial charge in [0, 0.05) is 6.42 Å². The van der Waals surface area contributed by atoms with Gasteiger partial charge in [0.05, 0.1) is 0 Å². The number of aliphatic carboxylic acids is 1. The quantitative estimate of drug-likeness (QED) is 0.272. The van der Waals surface area contributed by atoms with Gasteiger partial charge in [-0.3, -0.25) is 4.79 Å². The summed E-state index contributed by atoms with van der Waals surface area (Å²) in [5.41, 5.74) is 0.774. The van der Waals surface area contributed by atoms with Crippen molar-refractivity contribution in [3.8, 4) is 0 Å². The first kappa shape index (κ1) is 23.9. The molecule has 0 bridgehead atoms. The number of aryl methyl sites for hydroxylation is 1. The Morgan fingerprint density at radius 3 is 1.90 bits per heavy atom. The average molecular weight is 405 g/mol. The minimum atomic E-state index is -0.778. The number of unbranched alkanes of at least 4 members (excludes halogenated alkanes) is 7. The predicted octanol–water partition coefficient (Wildman–Crippen LogP) is 6.86. The van der Waals surface area contributed by atoms with Gasteiger partial charge in [-0.1, -0.05) is 75.3 Å². The molecule has 1 aliphatic rings. The molecule has 0 saturated carbocycles. The van der Waals surface area contributed by atoms with Gasteiger partial charge in [0.15, 0.2) is 0 Å². The van der Waals surface area contributed by atoms with Gasteiger partial charge in [-0.05, 0) is 57.9 Å².